The van der Waals surface area contributed by atoms with Crippen LogP contribution in [0.15, 0.2) is 18.2 Å². The van der Waals surface area contributed by atoms with E-state index in [1.165, 1.54) is 6.42 Å². The van der Waals surface area contributed by atoms with Crippen molar-refractivity contribution in [1.82, 2.24) is 4.90 Å². The topological polar surface area (TPSA) is 65.1 Å². The molecule has 0 aromatic heterocycles. The van der Waals surface area contributed by atoms with E-state index in [-0.39, 0.29) is 0 Å². The van der Waals surface area contributed by atoms with Crippen molar-refractivity contribution in [3.63, 3.8) is 0 Å². The Hall–Kier alpha value is -1.73. The lowest BCUT2D eigenvalue weighted by Gasteiger charge is -2.11. The van der Waals surface area contributed by atoms with Crippen LogP contribution in [0, 0.1) is 11.3 Å². The summed E-state index contributed by atoms with van der Waals surface area (Å²) in [6.07, 6.45) is 2.68. The summed E-state index contributed by atoms with van der Waals surface area (Å²) in [6, 6.07) is 7.91. The molecule has 0 aliphatic heterocycles. The predicted octanol–water partition coefficient (Wildman–Crippen LogP) is 2.09. The standard InChI is InChI=1S/C14H22N4/c1-18(2)10-4-3-9-17-13-5-6-14(16)12(11-13)7-8-15/h5-6,11,17H,3-4,7,9-10,16H2,1-2H3. The summed E-state index contributed by atoms with van der Waals surface area (Å²) in [4.78, 5) is 2.19. The number of hydrogen-bond donors (Lipinski definition) is 2. The molecule has 0 saturated heterocycles. The lowest BCUT2D eigenvalue weighted by Crippen LogP contribution is -2.14. The molecule has 0 spiro atoms. The maximum atomic E-state index is 8.70. The molecule has 0 aliphatic carbocycles. The van der Waals surface area contributed by atoms with Gasteiger partial charge in [-0.25, -0.2) is 0 Å². The van der Waals surface area contributed by atoms with Gasteiger partial charge in [0.15, 0.2) is 0 Å². The van der Waals surface area contributed by atoms with Gasteiger partial charge in [-0.1, -0.05) is 0 Å². The quantitative estimate of drug-likeness (QED) is 0.571. The van der Waals surface area contributed by atoms with E-state index in [0.29, 0.717) is 12.1 Å². The molecule has 0 atom stereocenters. The minimum atomic E-state index is 0.363. The third-order valence-electron chi connectivity index (χ3n) is 2.77. The molecule has 0 radical (unpaired) electrons. The van der Waals surface area contributed by atoms with Gasteiger partial charge < -0.3 is 16.0 Å². The summed E-state index contributed by atoms with van der Waals surface area (Å²) in [5.74, 6) is 0. The van der Waals surface area contributed by atoms with E-state index in [1.54, 1.807) is 0 Å². The zero-order chi connectivity index (χ0) is 13.4. The van der Waals surface area contributed by atoms with Crippen molar-refractivity contribution in [1.29, 1.82) is 5.26 Å². The Kier molecular flexibility index (Phi) is 6.03. The molecule has 1 aromatic rings. The van der Waals surface area contributed by atoms with Crippen molar-refractivity contribution >= 4 is 11.4 Å². The average molecular weight is 246 g/mol. The molecule has 0 aliphatic rings. The second kappa shape index (κ2) is 7.57. The molecule has 3 N–H and O–H groups in total. The molecular weight excluding hydrogens is 224 g/mol. The van der Waals surface area contributed by atoms with Crippen molar-refractivity contribution < 1.29 is 0 Å². The van der Waals surface area contributed by atoms with Crippen LogP contribution in [0.4, 0.5) is 11.4 Å². The molecule has 0 heterocycles. The highest BCUT2D eigenvalue weighted by atomic mass is 15.0. The molecular formula is C14H22N4. The first-order valence-corrected chi connectivity index (χ1v) is 6.27. The van der Waals surface area contributed by atoms with Crippen molar-refractivity contribution in [2.45, 2.75) is 19.3 Å². The largest absolute Gasteiger partial charge is 0.398 e. The number of nitrogens with two attached hydrogens (primary N) is 1. The fourth-order valence-electron chi connectivity index (χ4n) is 1.74. The van der Waals surface area contributed by atoms with Crippen molar-refractivity contribution in [3.05, 3.63) is 23.8 Å². The monoisotopic (exact) mass is 246 g/mol. The summed E-state index contributed by atoms with van der Waals surface area (Å²) in [5.41, 5.74) is 8.43. The van der Waals surface area contributed by atoms with Crippen molar-refractivity contribution in [2.75, 3.05) is 38.2 Å². The highest BCUT2D eigenvalue weighted by Gasteiger charge is 2.00. The van der Waals surface area contributed by atoms with Crippen LogP contribution in [0.25, 0.3) is 0 Å². The van der Waals surface area contributed by atoms with E-state index in [9.17, 15) is 0 Å². The van der Waals surface area contributed by atoms with E-state index >= 15 is 0 Å². The predicted molar refractivity (Wildman–Crippen MR) is 76.4 cm³/mol. The minimum absolute atomic E-state index is 0.363. The van der Waals surface area contributed by atoms with Crippen LogP contribution in [0.2, 0.25) is 0 Å². The molecule has 18 heavy (non-hydrogen) atoms. The Morgan fingerprint density at radius 1 is 1.33 bits per heavy atom. The molecule has 0 saturated carbocycles. The highest BCUT2D eigenvalue weighted by Crippen LogP contribution is 2.18. The molecule has 0 unspecified atom stereocenters. The average Bonchev–Trinajstić information content (AvgIpc) is 2.32. The van der Waals surface area contributed by atoms with Gasteiger partial charge in [0.2, 0.25) is 0 Å². The third kappa shape index (κ3) is 5.07. The number of rotatable bonds is 7. The number of nitrogens with zero attached hydrogens (tertiary/aromatic N) is 2. The van der Waals surface area contributed by atoms with E-state index in [4.69, 9.17) is 11.0 Å². The summed E-state index contributed by atoms with van der Waals surface area (Å²) in [7, 11) is 4.17. The fourth-order valence-corrected chi connectivity index (χ4v) is 1.74. The molecule has 4 nitrogen and oxygen atoms in total. The van der Waals surface area contributed by atoms with Gasteiger partial charge in [-0.15, -0.1) is 0 Å². The number of unbranched alkanes of at least 4 members (excludes halogenated alkanes) is 1. The number of anilines is 2. The Morgan fingerprint density at radius 3 is 2.78 bits per heavy atom. The Bertz CT molecular complexity index is 407. The number of hydrogen-bond acceptors (Lipinski definition) is 4. The molecule has 0 bridgehead atoms. The molecule has 1 rings (SSSR count). The number of nitrogen functional groups attached to an aromatic ring is 1. The molecule has 4 heteroatoms. The van der Waals surface area contributed by atoms with Gasteiger partial charge in [-0.3, -0.25) is 0 Å². The first-order chi connectivity index (χ1) is 8.63. The number of nitriles is 1. The van der Waals surface area contributed by atoms with Gasteiger partial charge in [0.05, 0.1) is 12.5 Å². The lowest BCUT2D eigenvalue weighted by molar-refractivity contribution is 0.396. The molecule has 0 amide bonds. The van der Waals surface area contributed by atoms with Crippen LogP contribution in [-0.4, -0.2) is 32.1 Å². The summed E-state index contributed by atoms with van der Waals surface area (Å²) in [5, 5.41) is 12.1. The number of benzene rings is 1. The minimum Gasteiger partial charge on any atom is -0.398 e. The van der Waals surface area contributed by atoms with E-state index < -0.39 is 0 Å². The van der Waals surface area contributed by atoms with Gasteiger partial charge in [0.1, 0.15) is 0 Å². The fraction of sp³-hybridized carbons (Fsp3) is 0.500. The van der Waals surface area contributed by atoms with Gasteiger partial charge in [0, 0.05) is 17.9 Å². The van der Waals surface area contributed by atoms with E-state index in [2.05, 4.69) is 30.4 Å². The zero-order valence-electron chi connectivity index (χ0n) is 11.2. The summed E-state index contributed by atoms with van der Waals surface area (Å²) in [6.45, 7) is 2.06. The molecule has 0 fully saturated rings. The lowest BCUT2D eigenvalue weighted by atomic mass is 10.1. The smallest absolute Gasteiger partial charge is 0.0670 e. The van der Waals surface area contributed by atoms with Crippen LogP contribution in [0.1, 0.15) is 18.4 Å². The van der Waals surface area contributed by atoms with Gasteiger partial charge in [-0.2, -0.15) is 5.26 Å². The van der Waals surface area contributed by atoms with Crippen molar-refractivity contribution in [2.24, 2.45) is 0 Å². The highest BCUT2D eigenvalue weighted by molar-refractivity contribution is 5.57. The summed E-state index contributed by atoms with van der Waals surface area (Å²) < 4.78 is 0. The van der Waals surface area contributed by atoms with Gasteiger partial charge in [-0.05, 0) is 57.2 Å². The van der Waals surface area contributed by atoms with E-state index in [1.807, 2.05) is 18.2 Å². The first kappa shape index (κ1) is 14.3. The van der Waals surface area contributed by atoms with Crippen LogP contribution in [0.3, 0.4) is 0 Å². The zero-order valence-corrected chi connectivity index (χ0v) is 11.2. The summed E-state index contributed by atoms with van der Waals surface area (Å²) >= 11 is 0. The third-order valence-corrected chi connectivity index (χ3v) is 2.77. The maximum absolute atomic E-state index is 8.70. The molecule has 98 valence electrons. The van der Waals surface area contributed by atoms with Gasteiger partial charge in [0.25, 0.3) is 0 Å². The maximum Gasteiger partial charge on any atom is 0.0670 e. The Morgan fingerprint density at radius 2 is 2.11 bits per heavy atom. The second-order valence-electron chi connectivity index (χ2n) is 4.69. The SMILES string of the molecule is CN(C)CCCCNc1ccc(N)c(CC#N)c1. The Labute approximate surface area is 109 Å². The number of nitrogens with one attached hydrogen (secondary N) is 1. The first-order valence-electron chi connectivity index (χ1n) is 6.27. The van der Waals surface area contributed by atoms with Crippen LogP contribution >= 0.6 is 0 Å². The van der Waals surface area contributed by atoms with Crippen LogP contribution in [-0.2, 0) is 6.42 Å². The Balaban J connectivity index is 2.38. The van der Waals surface area contributed by atoms with Crippen molar-refractivity contribution in [3.8, 4) is 6.07 Å². The van der Waals surface area contributed by atoms with E-state index in [0.717, 1.165) is 30.8 Å². The second-order valence-corrected chi connectivity index (χ2v) is 4.69. The van der Waals surface area contributed by atoms with Crippen LogP contribution in [0.5, 0.6) is 0 Å². The molecule has 1 aromatic carbocycles. The van der Waals surface area contributed by atoms with Crippen LogP contribution < -0.4 is 11.1 Å². The normalized spacial score (nSPS) is 10.3. The van der Waals surface area contributed by atoms with Gasteiger partial charge >= 0.3 is 0 Å².